The maximum atomic E-state index is 13.0. The largest absolute Gasteiger partial charge is 0.370 e. The lowest BCUT2D eigenvalue weighted by Crippen LogP contribution is -2.21. The second-order valence-electron chi connectivity index (χ2n) is 4.57. The molecule has 0 aliphatic heterocycles. The number of unbranched alkanes of at least 4 members (excludes halogenated alkanes) is 3. The van der Waals surface area contributed by atoms with Crippen molar-refractivity contribution in [2.45, 2.75) is 45.6 Å². The van der Waals surface area contributed by atoms with Gasteiger partial charge in [-0.25, -0.2) is 8.78 Å². The summed E-state index contributed by atoms with van der Waals surface area (Å²) in [6.07, 6.45) is 3.64. The molecule has 0 aromatic heterocycles. The van der Waals surface area contributed by atoms with E-state index in [1.807, 2.05) is 0 Å². The Morgan fingerprint density at radius 1 is 1.21 bits per heavy atom. The fraction of sp³-hybridized carbons (Fsp3) is 0.533. The molecule has 0 aliphatic rings. The molecule has 0 radical (unpaired) electrons. The molecule has 1 aromatic carbocycles. The van der Waals surface area contributed by atoms with Crippen LogP contribution < -0.4 is 0 Å². The van der Waals surface area contributed by atoms with E-state index in [0.717, 1.165) is 37.8 Å². The van der Waals surface area contributed by atoms with Crippen LogP contribution in [0, 0.1) is 11.6 Å². The van der Waals surface area contributed by atoms with Crippen molar-refractivity contribution in [1.82, 2.24) is 0 Å². The van der Waals surface area contributed by atoms with Gasteiger partial charge in [-0.2, -0.15) is 0 Å². The second kappa shape index (κ2) is 8.00. The van der Waals surface area contributed by atoms with Crippen LogP contribution in [0.3, 0.4) is 0 Å². The van der Waals surface area contributed by atoms with Gasteiger partial charge in [0.1, 0.15) is 6.10 Å². The maximum Gasteiger partial charge on any atom is 0.191 e. The van der Waals surface area contributed by atoms with Crippen molar-refractivity contribution in [3.63, 3.8) is 0 Å². The Balaban J connectivity index is 2.45. The molecule has 0 amide bonds. The summed E-state index contributed by atoms with van der Waals surface area (Å²) in [5.74, 6) is -2.29. The summed E-state index contributed by atoms with van der Waals surface area (Å²) in [5, 5.41) is 0. The van der Waals surface area contributed by atoms with Gasteiger partial charge in [0.25, 0.3) is 0 Å². The maximum absolute atomic E-state index is 13.0. The zero-order chi connectivity index (χ0) is 14.3. The van der Waals surface area contributed by atoms with Crippen molar-refractivity contribution in [2.24, 2.45) is 0 Å². The van der Waals surface area contributed by atoms with Gasteiger partial charge in [0.15, 0.2) is 17.4 Å². The minimum atomic E-state index is -1.01. The van der Waals surface area contributed by atoms with E-state index in [0.29, 0.717) is 6.61 Å². The van der Waals surface area contributed by atoms with Crippen LogP contribution >= 0.6 is 0 Å². The van der Waals surface area contributed by atoms with Gasteiger partial charge >= 0.3 is 0 Å². The average Bonchev–Trinajstić information content (AvgIpc) is 2.40. The molecule has 0 heterocycles. The van der Waals surface area contributed by atoms with E-state index in [2.05, 4.69) is 6.92 Å². The number of rotatable bonds is 8. The monoisotopic (exact) mass is 270 g/mol. The molecular formula is C15H20F2O2. The van der Waals surface area contributed by atoms with Crippen molar-refractivity contribution < 1.29 is 18.3 Å². The third kappa shape index (κ3) is 5.07. The predicted molar refractivity (Wildman–Crippen MR) is 70.2 cm³/mol. The molecular weight excluding hydrogens is 250 g/mol. The zero-order valence-corrected chi connectivity index (χ0v) is 11.4. The normalized spacial score (nSPS) is 12.4. The van der Waals surface area contributed by atoms with E-state index in [-0.39, 0.29) is 11.3 Å². The number of hydrogen-bond donors (Lipinski definition) is 0. The van der Waals surface area contributed by atoms with E-state index >= 15 is 0 Å². The summed E-state index contributed by atoms with van der Waals surface area (Å²) < 4.78 is 31.2. The van der Waals surface area contributed by atoms with Gasteiger partial charge in [-0.3, -0.25) is 4.79 Å². The Bertz CT molecular complexity index is 419. The first-order valence-corrected chi connectivity index (χ1v) is 6.67. The smallest absolute Gasteiger partial charge is 0.191 e. The lowest BCUT2D eigenvalue weighted by molar-refractivity contribution is 0.0463. The Hall–Kier alpha value is -1.29. The molecule has 19 heavy (non-hydrogen) atoms. The van der Waals surface area contributed by atoms with Crippen LogP contribution in [0.2, 0.25) is 0 Å². The number of ether oxygens (including phenoxy) is 1. The molecule has 1 rings (SSSR count). The van der Waals surface area contributed by atoms with Crippen LogP contribution in [0.25, 0.3) is 0 Å². The first kappa shape index (κ1) is 15.8. The first-order chi connectivity index (χ1) is 9.06. The Kier molecular flexibility index (Phi) is 6.64. The molecule has 1 unspecified atom stereocenters. The molecule has 1 atom stereocenters. The minimum Gasteiger partial charge on any atom is -0.370 e. The predicted octanol–water partition coefficient (Wildman–Crippen LogP) is 4.13. The van der Waals surface area contributed by atoms with Crippen molar-refractivity contribution in [3.05, 3.63) is 35.4 Å². The molecule has 2 nitrogen and oxygen atoms in total. The fourth-order valence-electron chi connectivity index (χ4n) is 1.75. The number of carbonyl (C=O) groups excluding carboxylic acids is 1. The minimum absolute atomic E-state index is 0.139. The fourth-order valence-corrected chi connectivity index (χ4v) is 1.75. The lowest BCUT2D eigenvalue weighted by atomic mass is 10.1. The second-order valence-corrected chi connectivity index (χ2v) is 4.57. The van der Waals surface area contributed by atoms with E-state index < -0.39 is 17.7 Å². The molecule has 0 fully saturated rings. The quantitative estimate of drug-likeness (QED) is 0.524. The van der Waals surface area contributed by atoms with Gasteiger partial charge in [-0.05, 0) is 31.5 Å². The molecule has 0 spiro atoms. The van der Waals surface area contributed by atoms with Crippen LogP contribution in [-0.4, -0.2) is 18.5 Å². The summed E-state index contributed by atoms with van der Waals surface area (Å²) in [6, 6.07) is 3.14. The van der Waals surface area contributed by atoms with Crippen LogP contribution in [0.4, 0.5) is 8.78 Å². The number of benzene rings is 1. The third-order valence-corrected chi connectivity index (χ3v) is 2.94. The molecule has 0 saturated carbocycles. The summed E-state index contributed by atoms with van der Waals surface area (Å²) in [6.45, 7) is 4.26. The zero-order valence-electron chi connectivity index (χ0n) is 11.4. The number of hydrogen-bond acceptors (Lipinski definition) is 2. The highest BCUT2D eigenvalue weighted by Crippen LogP contribution is 2.12. The Morgan fingerprint density at radius 2 is 1.95 bits per heavy atom. The van der Waals surface area contributed by atoms with E-state index in [9.17, 15) is 13.6 Å². The molecule has 1 aromatic rings. The van der Waals surface area contributed by atoms with Crippen molar-refractivity contribution in [3.8, 4) is 0 Å². The van der Waals surface area contributed by atoms with E-state index in [1.54, 1.807) is 6.92 Å². The topological polar surface area (TPSA) is 26.3 Å². The van der Waals surface area contributed by atoms with Crippen LogP contribution in [0.1, 0.15) is 49.9 Å². The number of halogens is 2. The summed E-state index contributed by atoms with van der Waals surface area (Å²) in [7, 11) is 0. The Morgan fingerprint density at radius 3 is 2.58 bits per heavy atom. The molecule has 106 valence electrons. The standard InChI is InChI=1S/C15H20F2O2/c1-3-4-5-6-9-19-11(2)15(18)12-7-8-13(16)14(17)10-12/h7-8,10-11H,3-6,9H2,1-2H3. The molecule has 4 heteroatoms. The van der Waals surface area contributed by atoms with Crippen LogP contribution in [0.15, 0.2) is 18.2 Å². The highest BCUT2D eigenvalue weighted by molar-refractivity contribution is 5.99. The molecule has 0 bridgehead atoms. The average molecular weight is 270 g/mol. The van der Waals surface area contributed by atoms with Gasteiger partial charge in [0.2, 0.25) is 0 Å². The lowest BCUT2D eigenvalue weighted by Gasteiger charge is -2.12. The summed E-state index contributed by atoms with van der Waals surface area (Å²) in [5.41, 5.74) is 0.139. The summed E-state index contributed by atoms with van der Waals surface area (Å²) in [4.78, 5) is 11.9. The van der Waals surface area contributed by atoms with Gasteiger partial charge < -0.3 is 4.74 Å². The van der Waals surface area contributed by atoms with Gasteiger partial charge in [0.05, 0.1) is 0 Å². The number of Topliss-reactive ketones (excluding diaryl/α,β-unsaturated/α-hetero) is 1. The third-order valence-electron chi connectivity index (χ3n) is 2.94. The van der Waals surface area contributed by atoms with Gasteiger partial charge in [-0.1, -0.05) is 26.2 Å². The first-order valence-electron chi connectivity index (χ1n) is 6.67. The highest BCUT2D eigenvalue weighted by Gasteiger charge is 2.17. The van der Waals surface area contributed by atoms with Gasteiger partial charge in [0, 0.05) is 12.2 Å². The Labute approximate surface area is 112 Å². The summed E-state index contributed by atoms with van der Waals surface area (Å²) >= 11 is 0. The van der Waals surface area contributed by atoms with Crippen molar-refractivity contribution in [1.29, 1.82) is 0 Å². The molecule has 0 saturated heterocycles. The van der Waals surface area contributed by atoms with Crippen LogP contribution in [0.5, 0.6) is 0 Å². The molecule has 0 N–H and O–H groups in total. The SMILES string of the molecule is CCCCCCOC(C)C(=O)c1ccc(F)c(F)c1. The van der Waals surface area contributed by atoms with E-state index in [4.69, 9.17) is 4.74 Å². The number of ketones is 1. The van der Waals surface area contributed by atoms with Gasteiger partial charge in [-0.15, -0.1) is 0 Å². The van der Waals surface area contributed by atoms with E-state index in [1.165, 1.54) is 6.07 Å². The number of carbonyl (C=O) groups is 1. The van der Waals surface area contributed by atoms with Crippen LogP contribution in [-0.2, 0) is 4.74 Å². The highest BCUT2D eigenvalue weighted by atomic mass is 19.2. The molecule has 0 aliphatic carbocycles. The van der Waals surface area contributed by atoms with Crippen molar-refractivity contribution >= 4 is 5.78 Å². The van der Waals surface area contributed by atoms with Crippen molar-refractivity contribution in [2.75, 3.05) is 6.61 Å².